The molecule has 0 aromatic rings. The Labute approximate surface area is 159 Å². The van der Waals surface area contributed by atoms with Gasteiger partial charge in [0.15, 0.2) is 0 Å². The normalized spacial score (nSPS) is 10.8. The van der Waals surface area contributed by atoms with E-state index < -0.39 is 5.91 Å². The van der Waals surface area contributed by atoms with Gasteiger partial charge in [0.2, 0.25) is 11.8 Å². The molecule has 0 aliphatic heterocycles. The van der Waals surface area contributed by atoms with Crippen molar-refractivity contribution in [1.82, 2.24) is 5.32 Å². The van der Waals surface area contributed by atoms with Gasteiger partial charge in [0.1, 0.15) is 6.61 Å². The molecule has 0 spiro atoms. The lowest BCUT2D eigenvalue weighted by molar-refractivity contribution is -0.123. The molecule has 2 amide bonds. The molecule has 0 aromatic carbocycles. The Bertz CT molecular complexity index is 349. The van der Waals surface area contributed by atoms with Crippen molar-refractivity contribution in [1.29, 1.82) is 0 Å². The largest absolute Gasteiger partial charge is 0.377 e. The molecule has 26 heavy (non-hydrogen) atoms. The number of carbonyl (C=O) groups is 2. The summed E-state index contributed by atoms with van der Waals surface area (Å²) in [6.07, 6.45) is 0. The highest BCUT2D eigenvalue weighted by molar-refractivity contribution is 7.99. The van der Waals surface area contributed by atoms with E-state index in [-0.39, 0.29) is 12.5 Å². The van der Waals surface area contributed by atoms with Crippen molar-refractivity contribution in [2.45, 2.75) is 6.92 Å². The first-order valence-corrected chi connectivity index (χ1v) is 9.83. The van der Waals surface area contributed by atoms with Gasteiger partial charge in [0.25, 0.3) is 0 Å². The lowest BCUT2D eigenvalue weighted by Crippen LogP contribution is -2.29. The number of primary amides is 1. The van der Waals surface area contributed by atoms with Gasteiger partial charge in [-0.25, -0.2) is 0 Å². The average Bonchev–Trinajstić information content (AvgIpc) is 2.62. The van der Waals surface area contributed by atoms with E-state index in [0.29, 0.717) is 71.8 Å². The maximum Gasteiger partial charge on any atom is 0.243 e. The molecule has 3 N–H and O–H groups in total. The summed E-state index contributed by atoms with van der Waals surface area (Å²) >= 11 is 1.59. The molecule has 0 aliphatic carbocycles. The van der Waals surface area contributed by atoms with E-state index >= 15 is 0 Å². The molecule has 0 rings (SSSR count). The van der Waals surface area contributed by atoms with Gasteiger partial charge in [-0.1, -0.05) is 6.92 Å². The van der Waals surface area contributed by atoms with Crippen LogP contribution in [-0.4, -0.2) is 95.9 Å². The van der Waals surface area contributed by atoms with Crippen LogP contribution in [0.15, 0.2) is 0 Å². The van der Waals surface area contributed by atoms with E-state index in [9.17, 15) is 9.59 Å². The molecule has 0 radical (unpaired) electrons. The van der Waals surface area contributed by atoms with Crippen molar-refractivity contribution in [2.24, 2.45) is 5.73 Å². The highest BCUT2D eigenvalue weighted by Gasteiger charge is 1.99. The van der Waals surface area contributed by atoms with Crippen LogP contribution in [0.2, 0.25) is 0 Å². The summed E-state index contributed by atoms with van der Waals surface area (Å²) in [5.41, 5.74) is 4.92. The van der Waals surface area contributed by atoms with Crippen molar-refractivity contribution in [3.05, 3.63) is 0 Å². The van der Waals surface area contributed by atoms with E-state index in [2.05, 4.69) is 5.32 Å². The Hall–Kier alpha value is -0.910. The minimum Gasteiger partial charge on any atom is -0.377 e. The minimum absolute atomic E-state index is 0.0380. The average molecular weight is 397 g/mol. The second-order valence-corrected chi connectivity index (χ2v) is 6.23. The van der Waals surface area contributed by atoms with Crippen LogP contribution in [0.4, 0.5) is 0 Å². The van der Waals surface area contributed by atoms with Crippen LogP contribution >= 0.6 is 11.8 Å². The molecule has 10 heteroatoms. The number of nitrogens with one attached hydrogen (secondary N) is 1. The summed E-state index contributed by atoms with van der Waals surface area (Å²) in [7, 11) is 0. The molecular formula is C16H32N2O7S. The molecule has 0 atom stereocenters. The fourth-order valence-corrected chi connectivity index (χ4v) is 2.05. The smallest absolute Gasteiger partial charge is 0.243 e. The second kappa shape index (κ2) is 20.4. The summed E-state index contributed by atoms with van der Waals surface area (Å²) < 4.78 is 26.2. The quantitative estimate of drug-likeness (QED) is 0.263. The summed E-state index contributed by atoms with van der Waals surface area (Å²) in [5.74, 6) is 0.974. The van der Waals surface area contributed by atoms with Gasteiger partial charge in [-0.15, -0.1) is 0 Å². The van der Waals surface area contributed by atoms with Crippen molar-refractivity contribution >= 4 is 23.6 Å². The molecule has 0 saturated heterocycles. The van der Waals surface area contributed by atoms with Gasteiger partial charge in [-0.3, -0.25) is 9.59 Å². The topological polar surface area (TPSA) is 118 Å². The number of rotatable bonds is 20. The number of hydrogen-bond acceptors (Lipinski definition) is 8. The molecule has 0 aromatic heterocycles. The van der Waals surface area contributed by atoms with E-state index in [1.807, 2.05) is 6.92 Å². The fourth-order valence-electron chi connectivity index (χ4n) is 1.56. The van der Waals surface area contributed by atoms with Gasteiger partial charge in [-0.05, 0) is 5.75 Å². The molecule has 0 heterocycles. The monoisotopic (exact) mass is 396 g/mol. The third-order valence-electron chi connectivity index (χ3n) is 2.74. The van der Waals surface area contributed by atoms with Gasteiger partial charge in [0.05, 0.1) is 65.2 Å². The molecular weight excluding hydrogens is 364 g/mol. The minimum atomic E-state index is -0.493. The van der Waals surface area contributed by atoms with Crippen LogP contribution < -0.4 is 11.1 Å². The van der Waals surface area contributed by atoms with Gasteiger partial charge in [0, 0.05) is 6.54 Å². The molecule has 0 aliphatic rings. The highest BCUT2D eigenvalue weighted by Crippen LogP contribution is 1.96. The van der Waals surface area contributed by atoms with E-state index in [0.717, 1.165) is 5.75 Å². The second-order valence-electron chi connectivity index (χ2n) is 4.96. The first-order chi connectivity index (χ1) is 12.7. The van der Waals surface area contributed by atoms with Crippen LogP contribution in [0, 0.1) is 0 Å². The number of amides is 2. The third kappa shape index (κ3) is 21.1. The van der Waals surface area contributed by atoms with Crippen molar-refractivity contribution in [3.63, 3.8) is 0 Å². The molecule has 154 valence electrons. The zero-order valence-electron chi connectivity index (χ0n) is 15.5. The Morgan fingerprint density at radius 1 is 0.808 bits per heavy atom. The zero-order valence-corrected chi connectivity index (χ0v) is 16.4. The summed E-state index contributed by atoms with van der Waals surface area (Å²) in [5, 5.41) is 2.78. The number of ether oxygens (including phenoxy) is 5. The van der Waals surface area contributed by atoms with E-state index in [1.54, 1.807) is 11.8 Å². The fraction of sp³-hybridized carbons (Fsp3) is 0.875. The third-order valence-corrected chi connectivity index (χ3v) is 3.61. The SMILES string of the molecule is CCSCC(=O)NCCOCCOCCOCCOCCOCC(N)=O. The summed E-state index contributed by atoms with van der Waals surface area (Å²) in [6, 6.07) is 0. The lowest BCUT2D eigenvalue weighted by Gasteiger charge is -2.08. The van der Waals surface area contributed by atoms with Crippen LogP contribution in [-0.2, 0) is 33.3 Å². The molecule has 0 unspecified atom stereocenters. The van der Waals surface area contributed by atoms with Gasteiger partial charge >= 0.3 is 0 Å². The van der Waals surface area contributed by atoms with Crippen LogP contribution in [0.5, 0.6) is 0 Å². The molecule has 0 bridgehead atoms. The van der Waals surface area contributed by atoms with Gasteiger partial charge in [-0.2, -0.15) is 11.8 Å². The summed E-state index contributed by atoms with van der Waals surface area (Å²) in [6.45, 7) is 6.48. The summed E-state index contributed by atoms with van der Waals surface area (Å²) in [4.78, 5) is 21.7. The van der Waals surface area contributed by atoms with Crippen LogP contribution in [0.1, 0.15) is 6.92 Å². The highest BCUT2D eigenvalue weighted by atomic mass is 32.2. The Morgan fingerprint density at radius 2 is 1.27 bits per heavy atom. The number of carbonyl (C=O) groups excluding carboxylic acids is 2. The number of nitrogens with two attached hydrogens (primary N) is 1. The Kier molecular flexibility index (Phi) is 19.7. The molecule has 0 saturated carbocycles. The standard InChI is InChI=1S/C16H32N2O7S/c1-2-26-14-16(20)18-3-4-21-5-6-22-7-8-23-9-10-24-11-12-25-13-15(17)19/h2-14H2,1H3,(H2,17,19)(H,18,20). The van der Waals surface area contributed by atoms with Crippen LogP contribution in [0.3, 0.4) is 0 Å². The number of thioether (sulfide) groups is 1. The van der Waals surface area contributed by atoms with Crippen LogP contribution in [0.25, 0.3) is 0 Å². The predicted molar refractivity (Wildman–Crippen MR) is 99.3 cm³/mol. The molecule has 9 nitrogen and oxygen atoms in total. The van der Waals surface area contributed by atoms with Crippen molar-refractivity contribution in [2.75, 3.05) is 84.1 Å². The van der Waals surface area contributed by atoms with Crippen molar-refractivity contribution < 1.29 is 33.3 Å². The number of hydrogen-bond donors (Lipinski definition) is 2. The lowest BCUT2D eigenvalue weighted by atomic mass is 10.6. The first kappa shape index (κ1) is 25.1. The van der Waals surface area contributed by atoms with Gasteiger partial charge < -0.3 is 34.7 Å². The Balaban J connectivity index is 3.07. The predicted octanol–water partition coefficient (Wildman–Crippen LogP) is -0.576. The molecule has 0 fully saturated rings. The van der Waals surface area contributed by atoms with Crippen molar-refractivity contribution in [3.8, 4) is 0 Å². The first-order valence-electron chi connectivity index (χ1n) is 8.68. The maximum atomic E-state index is 11.3. The van der Waals surface area contributed by atoms with E-state index in [4.69, 9.17) is 29.4 Å². The Morgan fingerprint density at radius 3 is 1.73 bits per heavy atom. The zero-order chi connectivity index (χ0) is 19.3. The maximum absolute atomic E-state index is 11.3. The van der Waals surface area contributed by atoms with E-state index in [1.165, 1.54) is 0 Å².